The van der Waals surface area contributed by atoms with Gasteiger partial charge >= 0.3 is 0 Å². The number of fused-ring (bicyclic) bond motifs is 9. The maximum Gasteiger partial charge on any atom is 0.164 e. The molecule has 3 aromatic carbocycles. The van der Waals surface area contributed by atoms with Gasteiger partial charge in [0.25, 0.3) is 0 Å². The van der Waals surface area contributed by atoms with Crippen LogP contribution in [0.4, 0.5) is 0 Å². The molecule has 0 spiro atoms. The molecule has 0 bridgehead atoms. The Hall–Kier alpha value is -4.31. The van der Waals surface area contributed by atoms with Crippen LogP contribution < -0.4 is 0 Å². The van der Waals surface area contributed by atoms with Gasteiger partial charge in [0, 0.05) is 28.5 Å². The number of allylic oxidation sites excluding steroid dienone is 3. The number of benzene rings is 3. The second kappa shape index (κ2) is 8.35. The van der Waals surface area contributed by atoms with Crippen LogP contribution in [0.25, 0.3) is 50.9 Å². The van der Waals surface area contributed by atoms with E-state index in [0.29, 0.717) is 0 Å². The summed E-state index contributed by atoms with van der Waals surface area (Å²) in [6.07, 6.45) is 17.8. The van der Waals surface area contributed by atoms with Gasteiger partial charge in [-0.25, -0.2) is 15.0 Å². The average Bonchev–Trinajstić information content (AvgIpc) is 3.36. The minimum atomic E-state index is 0.718. The van der Waals surface area contributed by atoms with E-state index in [1.54, 1.807) is 0 Å². The van der Waals surface area contributed by atoms with Crippen molar-refractivity contribution in [2.75, 3.05) is 0 Å². The molecule has 184 valence electrons. The van der Waals surface area contributed by atoms with Crippen molar-refractivity contribution in [2.24, 2.45) is 0 Å². The van der Waals surface area contributed by atoms with Crippen molar-refractivity contribution >= 4 is 39.5 Å². The highest BCUT2D eigenvalue weighted by Gasteiger charge is 2.25. The quantitative estimate of drug-likeness (QED) is 0.250. The van der Waals surface area contributed by atoms with E-state index < -0.39 is 0 Å². The molecule has 0 aliphatic heterocycles. The molecule has 0 saturated heterocycles. The van der Waals surface area contributed by atoms with E-state index in [4.69, 9.17) is 19.4 Å². The Morgan fingerprint density at radius 1 is 0.711 bits per heavy atom. The molecule has 0 unspecified atom stereocenters. The molecular formula is C34H27N3O. The number of nitrogens with zero attached hydrogens (tertiary/aromatic N) is 3. The number of hydrogen-bond acceptors (Lipinski definition) is 4. The summed E-state index contributed by atoms with van der Waals surface area (Å²) >= 11 is 0. The Balaban J connectivity index is 1.30. The molecule has 3 aliphatic rings. The minimum absolute atomic E-state index is 0.718. The summed E-state index contributed by atoms with van der Waals surface area (Å²) in [5.41, 5.74) is 9.94. The summed E-state index contributed by atoms with van der Waals surface area (Å²) in [7, 11) is 0. The van der Waals surface area contributed by atoms with E-state index in [1.807, 2.05) is 19.1 Å². The molecule has 0 amide bonds. The third-order valence-electron chi connectivity index (χ3n) is 8.21. The number of aromatic nitrogens is 3. The summed E-state index contributed by atoms with van der Waals surface area (Å²) < 4.78 is 6.21. The molecule has 4 nitrogen and oxygen atoms in total. The number of hydrogen-bond donors (Lipinski definition) is 0. The van der Waals surface area contributed by atoms with Gasteiger partial charge in [-0.2, -0.15) is 0 Å². The number of rotatable bonds is 2. The molecule has 0 radical (unpaired) electrons. The van der Waals surface area contributed by atoms with Gasteiger partial charge < -0.3 is 4.42 Å². The van der Waals surface area contributed by atoms with Crippen molar-refractivity contribution in [3.63, 3.8) is 0 Å². The molecule has 38 heavy (non-hydrogen) atoms. The lowest BCUT2D eigenvalue weighted by Crippen LogP contribution is -2.08. The summed E-state index contributed by atoms with van der Waals surface area (Å²) in [5, 5.41) is 3.73. The zero-order valence-corrected chi connectivity index (χ0v) is 21.4. The van der Waals surface area contributed by atoms with Crippen LogP contribution in [0.5, 0.6) is 0 Å². The van der Waals surface area contributed by atoms with Gasteiger partial charge in [0.15, 0.2) is 11.6 Å². The topological polar surface area (TPSA) is 51.8 Å². The average molecular weight is 494 g/mol. The van der Waals surface area contributed by atoms with Crippen LogP contribution in [0.2, 0.25) is 0 Å². The Kier molecular flexibility index (Phi) is 4.78. The van der Waals surface area contributed by atoms with Crippen molar-refractivity contribution < 1.29 is 4.42 Å². The predicted octanol–water partition coefficient (Wildman–Crippen LogP) is 8.04. The summed E-state index contributed by atoms with van der Waals surface area (Å²) in [5.74, 6) is 3.18. The van der Waals surface area contributed by atoms with Crippen LogP contribution in [0.15, 0.2) is 65.1 Å². The lowest BCUT2D eigenvalue weighted by atomic mass is 9.81. The Labute approximate surface area is 221 Å². The van der Waals surface area contributed by atoms with Gasteiger partial charge in [-0.1, -0.05) is 60.7 Å². The smallest absolute Gasteiger partial charge is 0.164 e. The number of aryl methyl sites for hydroxylation is 2. The van der Waals surface area contributed by atoms with Gasteiger partial charge in [-0.15, -0.1) is 0 Å². The SMILES string of the molecule is Cc1nc(C2=CCCc3oc4ccccc4c32)nc(-c2ccc3c4c(c5c(c3c2)C=CCC5)CCC=C4)n1. The second-order valence-electron chi connectivity index (χ2n) is 10.5. The summed E-state index contributed by atoms with van der Waals surface area (Å²) in [4.78, 5) is 14.7. The van der Waals surface area contributed by atoms with Crippen molar-refractivity contribution in [1.82, 2.24) is 15.0 Å². The lowest BCUT2D eigenvalue weighted by Gasteiger charge is -2.24. The lowest BCUT2D eigenvalue weighted by molar-refractivity contribution is 0.545. The Morgan fingerprint density at radius 3 is 2.32 bits per heavy atom. The standard InChI is InChI=1S/C34H27N3O/c1-20-35-33(37-34(36-20)28-14-8-16-31-32(28)27-13-6-7-15-30(27)38-31)21-17-18-26-24-11-3-2-9-22(24)23-10-4-5-12-25(23)29(26)19-21/h3,5-7,11-15,17-19H,2,4,8-10,16H2,1H3. The zero-order valence-electron chi connectivity index (χ0n) is 21.4. The molecule has 5 aromatic rings. The van der Waals surface area contributed by atoms with E-state index in [2.05, 4.69) is 60.7 Å². The first-order valence-corrected chi connectivity index (χ1v) is 13.6. The summed E-state index contributed by atoms with van der Waals surface area (Å²) in [6, 6.07) is 15.0. The number of furan rings is 1. The van der Waals surface area contributed by atoms with Crippen molar-refractivity contribution in [2.45, 2.75) is 45.4 Å². The van der Waals surface area contributed by atoms with Crippen molar-refractivity contribution in [1.29, 1.82) is 0 Å². The molecule has 2 heterocycles. The molecule has 0 atom stereocenters. The highest BCUT2D eigenvalue weighted by Crippen LogP contribution is 2.40. The Morgan fingerprint density at radius 2 is 1.47 bits per heavy atom. The fourth-order valence-corrected chi connectivity index (χ4v) is 6.55. The third kappa shape index (κ3) is 3.26. The van der Waals surface area contributed by atoms with E-state index in [-0.39, 0.29) is 0 Å². The monoisotopic (exact) mass is 493 g/mol. The first-order valence-electron chi connectivity index (χ1n) is 13.6. The van der Waals surface area contributed by atoms with Crippen LogP contribution in [0.3, 0.4) is 0 Å². The van der Waals surface area contributed by atoms with Gasteiger partial charge in [-0.3, -0.25) is 0 Å². The number of para-hydroxylation sites is 1. The second-order valence-corrected chi connectivity index (χ2v) is 10.5. The maximum atomic E-state index is 6.21. The first-order chi connectivity index (χ1) is 18.7. The van der Waals surface area contributed by atoms with Crippen LogP contribution in [-0.2, 0) is 19.3 Å². The van der Waals surface area contributed by atoms with E-state index in [1.165, 1.54) is 33.0 Å². The van der Waals surface area contributed by atoms with Gasteiger partial charge in [0.2, 0.25) is 0 Å². The first kappa shape index (κ1) is 21.7. The largest absolute Gasteiger partial charge is 0.460 e. The molecule has 0 N–H and O–H groups in total. The molecule has 2 aromatic heterocycles. The third-order valence-corrected chi connectivity index (χ3v) is 8.21. The van der Waals surface area contributed by atoms with Crippen molar-refractivity contribution in [3.05, 3.63) is 106 Å². The van der Waals surface area contributed by atoms with Crippen LogP contribution in [-0.4, -0.2) is 15.0 Å². The van der Waals surface area contributed by atoms with E-state index >= 15 is 0 Å². The predicted molar refractivity (Wildman–Crippen MR) is 154 cm³/mol. The fourth-order valence-electron chi connectivity index (χ4n) is 6.55. The molecule has 4 heteroatoms. The molecule has 0 fully saturated rings. The highest BCUT2D eigenvalue weighted by molar-refractivity contribution is 6.02. The van der Waals surface area contributed by atoms with Gasteiger partial charge in [0.05, 0.1) is 0 Å². The van der Waals surface area contributed by atoms with Crippen molar-refractivity contribution in [3.8, 4) is 11.4 Å². The van der Waals surface area contributed by atoms with Crippen LogP contribution in [0.1, 0.15) is 64.5 Å². The fraction of sp³-hybridized carbons (Fsp3) is 0.206. The van der Waals surface area contributed by atoms with E-state index in [0.717, 1.165) is 89.4 Å². The van der Waals surface area contributed by atoms with Gasteiger partial charge in [-0.05, 0) is 84.2 Å². The molecule has 3 aliphatic carbocycles. The molecule has 8 rings (SSSR count). The van der Waals surface area contributed by atoms with Crippen LogP contribution >= 0.6 is 0 Å². The normalized spacial score (nSPS) is 15.9. The molecular weight excluding hydrogens is 466 g/mol. The maximum absolute atomic E-state index is 6.21. The Bertz CT molecular complexity index is 1890. The summed E-state index contributed by atoms with van der Waals surface area (Å²) in [6.45, 7) is 1.96. The van der Waals surface area contributed by atoms with E-state index in [9.17, 15) is 0 Å². The zero-order chi connectivity index (χ0) is 25.2. The molecule has 0 saturated carbocycles. The highest BCUT2D eigenvalue weighted by atomic mass is 16.3. The van der Waals surface area contributed by atoms with Gasteiger partial charge in [0.1, 0.15) is 17.2 Å². The minimum Gasteiger partial charge on any atom is -0.460 e. The van der Waals surface area contributed by atoms with Crippen LogP contribution in [0, 0.1) is 6.92 Å².